The predicted octanol–water partition coefficient (Wildman–Crippen LogP) is 8.59. The summed E-state index contributed by atoms with van der Waals surface area (Å²) in [7, 11) is -3.12. The molecule has 4 atom stereocenters. The third kappa shape index (κ3) is 4.32. The molecule has 0 radical (unpaired) electrons. The van der Waals surface area contributed by atoms with Crippen molar-refractivity contribution in [1.29, 1.82) is 0 Å². The number of benzene rings is 1. The van der Waals surface area contributed by atoms with Crippen molar-refractivity contribution in [1.82, 2.24) is 4.57 Å². The van der Waals surface area contributed by atoms with Crippen LogP contribution in [0.1, 0.15) is 79.9 Å². The van der Waals surface area contributed by atoms with Crippen molar-refractivity contribution in [3.8, 4) is 0 Å². The third-order valence-electron chi connectivity index (χ3n) is 9.45. The van der Waals surface area contributed by atoms with E-state index in [1.807, 2.05) is 0 Å². The number of fused-ring (bicyclic) bond motifs is 4. The SMILES string of the molecule is CC1CC2C=C3C(=CC2C1[Si](C)(C)N(C(C)(C)C)C(C)(C)C)C(C)(C)c1cc([Si](C)(C)C)ccc13. The maximum atomic E-state index is 2.96. The van der Waals surface area contributed by atoms with Crippen LogP contribution in [-0.2, 0) is 5.41 Å². The van der Waals surface area contributed by atoms with Gasteiger partial charge in [-0.15, -0.1) is 0 Å². The van der Waals surface area contributed by atoms with Gasteiger partial charge in [-0.3, -0.25) is 0 Å². The van der Waals surface area contributed by atoms with Gasteiger partial charge in [-0.1, -0.05) is 89.0 Å². The highest BCUT2D eigenvalue weighted by Crippen LogP contribution is 2.61. The number of nitrogens with zero attached hydrogens (tertiary/aromatic N) is 1. The Morgan fingerprint density at radius 1 is 0.886 bits per heavy atom. The van der Waals surface area contributed by atoms with E-state index < -0.39 is 16.3 Å². The normalized spacial score (nSPS) is 28.4. The monoisotopic (exact) mass is 507 g/mol. The van der Waals surface area contributed by atoms with Crippen molar-refractivity contribution in [3.63, 3.8) is 0 Å². The summed E-state index contributed by atoms with van der Waals surface area (Å²) in [6, 6.07) is 7.49. The van der Waals surface area contributed by atoms with E-state index in [1.54, 1.807) is 21.9 Å². The van der Waals surface area contributed by atoms with Crippen molar-refractivity contribution in [3.05, 3.63) is 47.1 Å². The molecule has 4 rings (SSSR count). The predicted molar refractivity (Wildman–Crippen MR) is 162 cm³/mol. The number of hydrogen-bond donors (Lipinski definition) is 0. The first-order valence-electron chi connectivity index (χ1n) is 14.1. The summed E-state index contributed by atoms with van der Waals surface area (Å²) < 4.78 is 2.96. The van der Waals surface area contributed by atoms with Gasteiger partial charge in [0.15, 0.2) is 0 Å². The molecule has 1 aromatic rings. The second-order valence-corrected chi connectivity index (χ2v) is 25.6. The lowest BCUT2D eigenvalue weighted by atomic mass is 9.76. The summed E-state index contributed by atoms with van der Waals surface area (Å²) in [6.07, 6.45) is 6.85. The third-order valence-corrected chi connectivity index (χ3v) is 16.6. The van der Waals surface area contributed by atoms with Crippen LogP contribution in [0.4, 0.5) is 0 Å². The molecule has 3 aliphatic carbocycles. The summed E-state index contributed by atoms with van der Waals surface area (Å²) in [5, 5.41) is 1.59. The lowest BCUT2D eigenvalue weighted by Crippen LogP contribution is -2.67. The summed E-state index contributed by atoms with van der Waals surface area (Å²) in [4.78, 5) is 0. The van der Waals surface area contributed by atoms with E-state index in [1.165, 1.54) is 12.0 Å². The van der Waals surface area contributed by atoms with E-state index in [9.17, 15) is 0 Å². The molecular weight excluding hydrogens is 455 g/mol. The Morgan fingerprint density at radius 3 is 1.97 bits per heavy atom. The van der Waals surface area contributed by atoms with Crippen LogP contribution in [0.3, 0.4) is 0 Å². The Balaban J connectivity index is 1.81. The van der Waals surface area contributed by atoms with Gasteiger partial charge in [-0.25, -0.2) is 0 Å². The molecule has 0 spiro atoms. The smallest absolute Gasteiger partial charge is 0.127 e. The summed E-state index contributed by atoms with van der Waals surface area (Å²) in [6.45, 7) is 34.9. The molecule has 1 fully saturated rings. The molecule has 194 valence electrons. The summed E-state index contributed by atoms with van der Waals surface area (Å²) in [5.74, 6) is 2.12. The van der Waals surface area contributed by atoms with Crippen LogP contribution in [-0.4, -0.2) is 32.0 Å². The van der Waals surface area contributed by atoms with Gasteiger partial charge in [-0.05, 0) is 93.5 Å². The molecule has 3 aliphatic rings. The maximum Gasteiger partial charge on any atom is 0.127 e. The molecule has 35 heavy (non-hydrogen) atoms. The highest BCUT2D eigenvalue weighted by Gasteiger charge is 2.56. The highest BCUT2D eigenvalue weighted by molar-refractivity contribution is 6.88. The van der Waals surface area contributed by atoms with E-state index in [4.69, 9.17) is 0 Å². The van der Waals surface area contributed by atoms with Gasteiger partial charge in [-0.2, -0.15) is 0 Å². The van der Waals surface area contributed by atoms with Gasteiger partial charge < -0.3 is 4.57 Å². The molecule has 1 nitrogen and oxygen atoms in total. The second-order valence-electron chi connectivity index (χ2n) is 16.1. The first-order valence-corrected chi connectivity index (χ1v) is 20.6. The quantitative estimate of drug-likeness (QED) is 0.370. The molecule has 1 saturated carbocycles. The molecule has 0 N–H and O–H groups in total. The highest BCUT2D eigenvalue weighted by atomic mass is 28.3. The van der Waals surface area contributed by atoms with Gasteiger partial charge >= 0.3 is 0 Å². The number of hydrogen-bond acceptors (Lipinski definition) is 1. The number of rotatable bonds is 3. The molecule has 0 saturated heterocycles. The van der Waals surface area contributed by atoms with Crippen molar-refractivity contribution in [2.24, 2.45) is 17.8 Å². The zero-order valence-electron chi connectivity index (χ0n) is 25.4. The van der Waals surface area contributed by atoms with Gasteiger partial charge in [0.2, 0.25) is 0 Å². The van der Waals surface area contributed by atoms with Crippen molar-refractivity contribution in [2.75, 3.05) is 0 Å². The average molecular weight is 508 g/mol. The Hall–Kier alpha value is -0.906. The molecule has 1 aromatic carbocycles. The standard InChI is InChI=1S/C32H53NSi2/c1-21-17-22-18-26-24-16-15-23(34(10,11)12)19-27(24)32(8,9)28(26)20-25(22)29(21)35(13,14)33(30(2,3)4)31(5,6)7/h15-16,18-22,25,29H,17H2,1-14H3. The Labute approximate surface area is 219 Å². The lowest BCUT2D eigenvalue weighted by Gasteiger charge is -2.57. The summed E-state index contributed by atoms with van der Waals surface area (Å²) in [5.41, 5.74) is 7.47. The minimum Gasteiger partial charge on any atom is -0.314 e. The van der Waals surface area contributed by atoms with Crippen LogP contribution in [0.5, 0.6) is 0 Å². The largest absolute Gasteiger partial charge is 0.314 e. The second kappa shape index (κ2) is 8.04. The van der Waals surface area contributed by atoms with Crippen molar-refractivity contribution >= 4 is 27.1 Å². The van der Waals surface area contributed by atoms with Crippen molar-refractivity contribution in [2.45, 2.75) is 124 Å². The molecule has 4 unspecified atom stereocenters. The van der Waals surface area contributed by atoms with Gasteiger partial charge in [0.1, 0.15) is 8.24 Å². The molecule has 0 aromatic heterocycles. The Kier molecular flexibility index (Phi) is 6.24. The summed E-state index contributed by atoms with van der Waals surface area (Å²) >= 11 is 0. The van der Waals surface area contributed by atoms with Crippen molar-refractivity contribution < 1.29 is 0 Å². The van der Waals surface area contributed by atoms with E-state index in [0.717, 1.165) is 11.5 Å². The molecular formula is C32H53NSi2. The minimum atomic E-state index is -1.78. The fraction of sp³-hybridized carbons (Fsp3) is 0.688. The maximum absolute atomic E-state index is 2.96. The molecule has 0 heterocycles. The Morgan fingerprint density at radius 2 is 1.46 bits per heavy atom. The van der Waals surface area contributed by atoms with Crippen LogP contribution in [0.15, 0.2) is 35.9 Å². The van der Waals surface area contributed by atoms with Crippen LogP contribution in [0, 0.1) is 17.8 Å². The van der Waals surface area contributed by atoms with Crippen LogP contribution >= 0.6 is 0 Å². The van der Waals surface area contributed by atoms with E-state index >= 15 is 0 Å². The Bertz CT molecular complexity index is 1050. The zero-order chi connectivity index (χ0) is 26.5. The van der Waals surface area contributed by atoms with Gasteiger partial charge in [0, 0.05) is 16.5 Å². The first-order chi connectivity index (χ1) is 15.7. The minimum absolute atomic E-state index is 0.0949. The van der Waals surface area contributed by atoms with Crippen LogP contribution in [0.25, 0.3) is 5.57 Å². The lowest BCUT2D eigenvalue weighted by molar-refractivity contribution is 0.121. The fourth-order valence-corrected chi connectivity index (χ4v) is 16.8. The zero-order valence-corrected chi connectivity index (χ0v) is 27.4. The topological polar surface area (TPSA) is 3.24 Å². The first kappa shape index (κ1) is 27.1. The van der Waals surface area contributed by atoms with E-state index in [0.29, 0.717) is 11.8 Å². The molecule has 0 bridgehead atoms. The number of allylic oxidation sites excluding steroid dienone is 4. The fourth-order valence-electron chi connectivity index (χ4n) is 9.11. The van der Waals surface area contributed by atoms with Gasteiger partial charge in [0.05, 0.1) is 8.07 Å². The molecule has 0 aliphatic heterocycles. The molecule has 3 heteroatoms. The van der Waals surface area contributed by atoms with Gasteiger partial charge in [0.25, 0.3) is 0 Å². The van der Waals surface area contributed by atoms with Crippen LogP contribution < -0.4 is 5.19 Å². The van der Waals surface area contributed by atoms with Crippen LogP contribution in [0.2, 0.25) is 38.3 Å². The van der Waals surface area contributed by atoms with E-state index in [2.05, 4.69) is 130 Å². The average Bonchev–Trinajstić information content (AvgIpc) is 3.08. The van der Waals surface area contributed by atoms with E-state index in [-0.39, 0.29) is 16.5 Å². The molecule has 0 amide bonds.